The predicted molar refractivity (Wildman–Crippen MR) is 163 cm³/mol. The molecule has 4 aromatic rings. The van der Waals surface area contributed by atoms with E-state index in [1.165, 1.54) is 0 Å². The topological polar surface area (TPSA) is 112 Å². The number of fused-ring (bicyclic) bond motifs is 1. The van der Waals surface area contributed by atoms with Gasteiger partial charge in [-0.2, -0.15) is 15.3 Å². The highest BCUT2D eigenvalue weighted by atomic mass is 16.6. The number of ether oxygens (including phenoxy) is 2. The third kappa shape index (κ3) is 6.17. The van der Waals surface area contributed by atoms with Crippen LogP contribution in [0.3, 0.4) is 0 Å². The zero-order chi connectivity index (χ0) is 31.1. The Bertz CT molecular complexity index is 1660. The number of aryl methyl sites for hydroxylation is 3. The standard InChI is InChI=1S/C32H41N7O4/c1-9-25-23-17-22(13-14-26(23)39(35-25)29-12-10-11-15-42-29)24-18-33-36(7)28(24)19-38(31(41)43-32(4,5)6)21(3)30(40)27-16-20(2)34-37(27)8/h1,13-14,16-18,21,29-30,40H,10-12,15,19H2,2-8H3/t21-,29?,30?/m0/s1. The molecule has 1 aromatic carbocycles. The Balaban J connectivity index is 1.52. The van der Waals surface area contributed by atoms with Gasteiger partial charge in [-0.1, -0.05) is 6.07 Å². The number of hydrogen-bond donors (Lipinski definition) is 1. The van der Waals surface area contributed by atoms with Gasteiger partial charge in [-0.15, -0.1) is 6.42 Å². The maximum absolute atomic E-state index is 13.6. The molecular weight excluding hydrogens is 546 g/mol. The van der Waals surface area contributed by atoms with Crippen LogP contribution in [0.1, 0.15) is 82.1 Å². The number of aromatic nitrogens is 6. The first-order chi connectivity index (χ1) is 20.4. The molecule has 11 heteroatoms. The summed E-state index contributed by atoms with van der Waals surface area (Å²) >= 11 is 0. The fourth-order valence-electron chi connectivity index (χ4n) is 5.62. The van der Waals surface area contributed by atoms with E-state index in [0.717, 1.165) is 52.7 Å². The molecule has 1 aliphatic heterocycles. The van der Waals surface area contributed by atoms with Crippen LogP contribution in [0.2, 0.25) is 0 Å². The van der Waals surface area contributed by atoms with E-state index < -0.39 is 23.8 Å². The number of aliphatic hydroxyl groups is 1. The zero-order valence-electron chi connectivity index (χ0n) is 26.0. The van der Waals surface area contributed by atoms with Gasteiger partial charge in [-0.25, -0.2) is 9.48 Å². The van der Waals surface area contributed by atoms with Crippen molar-refractivity contribution in [1.29, 1.82) is 0 Å². The van der Waals surface area contributed by atoms with Crippen molar-refractivity contribution < 1.29 is 19.4 Å². The molecule has 1 fully saturated rings. The van der Waals surface area contributed by atoms with Crippen molar-refractivity contribution in [3.63, 3.8) is 0 Å². The summed E-state index contributed by atoms with van der Waals surface area (Å²) in [5.74, 6) is 2.73. The van der Waals surface area contributed by atoms with Crippen molar-refractivity contribution in [2.75, 3.05) is 6.61 Å². The van der Waals surface area contributed by atoms with Gasteiger partial charge in [0.2, 0.25) is 0 Å². The molecule has 1 amide bonds. The van der Waals surface area contributed by atoms with Gasteiger partial charge in [-0.3, -0.25) is 14.3 Å². The molecule has 0 radical (unpaired) electrons. The number of benzene rings is 1. The van der Waals surface area contributed by atoms with Gasteiger partial charge in [0.15, 0.2) is 6.23 Å². The van der Waals surface area contributed by atoms with Crippen LogP contribution in [0, 0.1) is 19.3 Å². The molecule has 4 heterocycles. The SMILES string of the molecule is C#Cc1nn(C2CCCCO2)c2ccc(-c3cnn(C)c3CN(C(=O)OC(C)(C)C)[C@@H](C)C(O)c3cc(C)nn3C)cc12. The summed E-state index contributed by atoms with van der Waals surface area (Å²) in [4.78, 5) is 15.2. The number of aliphatic hydroxyl groups excluding tert-OH is 1. The van der Waals surface area contributed by atoms with Crippen molar-refractivity contribution in [2.24, 2.45) is 14.1 Å². The first-order valence-corrected chi connectivity index (χ1v) is 14.7. The van der Waals surface area contributed by atoms with E-state index in [1.54, 1.807) is 34.4 Å². The fraction of sp³-hybridized carbons (Fsp3) is 0.500. The van der Waals surface area contributed by atoms with Gasteiger partial charge < -0.3 is 14.6 Å². The smallest absolute Gasteiger partial charge is 0.410 e. The van der Waals surface area contributed by atoms with E-state index >= 15 is 0 Å². The van der Waals surface area contributed by atoms with Crippen LogP contribution in [0.25, 0.3) is 22.0 Å². The van der Waals surface area contributed by atoms with Gasteiger partial charge in [0, 0.05) is 31.7 Å². The lowest BCUT2D eigenvalue weighted by Gasteiger charge is -2.34. The minimum absolute atomic E-state index is 0.142. The molecule has 0 saturated carbocycles. The van der Waals surface area contributed by atoms with Gasteiger partial charge in [0.1, 0.15) is 17.4 Å². The highest BCUT2D eigenvalue weighted by molar-refractivity contribution is 5.89. The summed E-state index contributed by atoms with van der Waals surface area (Å²) in [5, 5.41) is 25.9. The van der Waals surface area contributed by atoms with Gasteiger partial charge in [0.05, 0.1) is 41.4 Å². The fourth-order valence-corrected chi connectivity index (χ4v) is 5.62. The summed E-state index contributed by atoms with van der Waals surface area (Å²) in [6.45, 7) is 9.98. The van der Waals surface area contributed by atoms with Crippen molar-refractivity contribution in [1.82, 2.24) is 34.2 Å². The minimum Gasteiger partial charge on any atom is -0.444 e. The van der Waals surface area contributed by atoms with Crippen LogP contribution in [0.4, 0.5) is 4.79 Å². The number of rotatable bonds is 7. The van der Waals surface area contributed by atoms with Crippen molar-refractivity contribution >= 4 is 17.0 Å². The molecule has 0 spiro atoms. The number of carbonyl (C=O) groups is 1. The van der Waals surface area contributed by atoms with E-state index in [2.05, 4.69) is 16.1 Å². The van der Waals surface area contributed by atoms with Crippen LogP contribution < -0.4 is 0 Å². The molecule has 3 atom stereocenters. The van der Waals surface area contributed by atoms with Crippen molar-refractivity contribution in [2.45, 2.75) is 84.4 Å². The average molecular weight is 588 g/mol. The molecule has 0 aliphatic carbocycles. The minimum atomic E-state index is -1.00. The van der Waals surface area contributed by atoms with Crippen molar-refractivity contribution in [3.05, 3.63) is 53.2 Å². The summed E-state index contributed by atoms with van der Waals surface area (Å²) in [6, 6.07) is 7.22. The Kier molecular flexibility index (Phi) is 8.36. The number of nitrogens with zero attached hydrogens (tertiary/aromatic N) is 7. The van der Waals surface area contributed by atoms with Crippen LogP contribution in [0.15, 0.2) is 30.5 Å². The van der Waals surface area contributed by atoms with Crippen LogP contribution in [0.5, 0.6) is 0 Å². The maximum Gasteiger partial charge on any atom is 0.410 e. The van der Waals surface area contributed by atoms with Crippen LogP contribution in [-0.4, -0.2) is 63.7 Å². The molecule has 228 valence electrons. The maximum atomic E-state index is 13.6. The number of amides is 1. The van der Waals surface area contributed by atoms with Crippen molar-refractivity contribution in [3.8, 4) is 23.5 Å². The Morgan fingerprint density at radius 3 is 2.63 bits per heavy atom. The molecule has 2 unspecified atom stereocenters. The van der Waals surface area contributed by atoms with Crippen LogP contribution in [-0.2, 0) is 30.1 Å². The molecule has 1 N–H and O–H groups in total. The molecule has 5 rings (SSSR count). The first-order valence-electron chi connectivity index (χ1n) is 14.7. The zero-order valence-corrected chi connectivity index (χ0v) is 26.0. The molecule has 1 saturated heterocycles. The Hall–Kier alpha value is -4.14. The third-order valence-electron chi connectivity index (χ3n) is 7.88. The second-order valence-corrected chi connectivity index (χ2v) is 12.2. The van der Waals surface area contributed by atoms with Gasteiger partial charge >= 0.3 is 6.09 Å². The second kappa shape index (κ2) is 11.9. The molecule has 1 aliphatic rings. The highest BCUT2D eigenvalue weighted by Gasteiger charge is 2.33. The largest absolute Gasteiger partial charge is 0.444 e. The predicted octanol–water partition coefficient (Wildman–Crippen LogP) is 5.02. The Morgan fingerprint density at radius 2 is 2.00 bits per heavy atom. The summed E-state index contributed by atoms with van der Waals surface area (Å²) < 4.78 is 17.1. The average Bonchev–Trinajstić information content (AvgIpc) is 3.63. The van der Waals surface area contributed by atoms with E-state index in [-0.39, 0.29) is 12.8 Å². The molecule has 0 bridgehead atoms. The lowest BCUT2D eigenvalue weighted by molar-refractivity contribution is -0.0367. The summed E-state index contributed by atoms with van der Waals surface area (Å²) in [7, 11) is 3.61. The lowest BCUT2D eigenvalue weighted by Crippen LogP contribution is -2.45. The quantitative estimate of drug-likeness (QED) is 0.302. The van der Waals surface area contributed by atoms with E-state index in [0.29, 0.717) is 18.0 Å². The van der Waals surface area contributed by atoms with Gasteiger partial charge in [-0.05, 0) is 83.6 Å². The molecule has 3 aromatic heterocycles. The first kappa shape index (κ1) is 30.3. The van der Waals surface area contributed by atoms with Crippen LogP contribution >= 0.6 is 0 Å². The number of carbonyl (C=O) groups excluding carboxylic acids is 1. The van der Waals surface area contributed by atoms with E-state index in [9.17, 15) is 9.90 Å². The normalized spacial score (nSPS) is 17.0. The second-order valence-electron chi connectivity index (χ2n) is 12.2. The molecule has 43 heavy (non-hydrogen) atoms. The third-order valence-corrected chi connectivity index (χ3v) is 7.88. The highest BCUT2D eigenvalue weighted by Crippen LogP contribution is 2.33. The van der Waals surface area contributed by atoms with E-state index in [1.807, 2.05) is 63.7 Å². The van der Waals surface area contributed by atoms with E-state index in [4.69, 9.17) is 21.0 Å². The lowest BCUT2D eigenvalue weighted by atomic mass is 10.0. The molecule has 11 nitrogen and oxygen atoms in total. The summed E-state index contributed by atoms with van der Waals surface area (Å²) in [5.41, 5.74) is 4.61. The monoisotopic (exact) mass is 587 g/mol. The number of hydrogen-bond acceptors (Lipinski definition) is 7. The summed E-state index contributed by atoms with van der Waals surface area (Å²) in [6.07, 6.45) is 8.99. The number of terminal acetylenes is 1. The van der Waals surface area contributed by atoms with Gasteiger partial charge in [0.25, 0.3) is 0 Å². The Morgan fingerprint density at radius 1 is 1.23 bits per heavy atom. The Labute approximate surface area is 252 Å². The molecular formula is C32H41N7O4.